The van der Waals surface area contributed by atoms with Crippen molar-refractivity contribution in [3.8, 4) is 0 Å². The minimum Gasteiger partial charge on any atom is -0.378 e. The van der Waals surface area contributed by atoms with E-state index >= 15 is 0 Å². The molecule has 0 saturated carbocycles. The van der Waals surface area contributed by atoms with Crippen LogP contribution in [0.3, 0.4) is 0 Å². The lowest BCUT2D eigenvalue weighted by atomic mass is 10.2. The first kappa shape index (κ1) is 11.2. The Hall–Kier alpha value is -1.29. The van der Waals surface area contributed by atoms with Gasteiger partial charge in [-0.25, -0.2) is 0 Å². The van der Waals surface area contributed by atoms with E-state index in [4.69, 9.17) is 0 Å². The molecule has 0 spiro atoms. The van der Waals surface area contributed by atoms with Gasteiger partial charge < -0.3 is 5.32 Å². The molecule has 0 radical (unpaired) electrons. The van der Waals surface area contributed by atoms with Gasteiger partial charge in [0.2, 0.25) is 0 Å². The zero-order chi connectivity index (χ0) is 11.7. The van der Waals surface area contributed by atoms with Crippen molar-refractivity contribution in [3.05, 3.63) is 33.3 Å². The van der Waals surface area contributed by atoms with E-state index in [1.807, 2.05) is 36.2 Å². The molecule has 0 fully saturated rings. The van der Waals surface area contributed by atoms with Crippen LogP contribution >= 0.6 is 11.3 Å². The Balaban J connectivity index is 2.07. The van der Waals surface area contributed by atoms with Crippen LogP contribution in [0.1, 0.15) is 21.0 Å². The average Bonchev–Trinajstić information content (AvgIpc) is 2.66. The van der Waals surface area contributed by atoms with Crippen LogP contribution in [-0.2, 0) is 13.6 Å². The van der Waals surface area contributed by atoms with Gasteiger partial charge in [-0.05, 0) is 32.4 Å². The standard InChI is InChI=1S/C12H17N3S/c1-8-5-11(10(3)16-8)6-13-12-7-15(4)14-9(12)2/h5,7,13H,6H2,1-4H3. The molecule has 0 amide bonds. The highest BCUT2D eigenvalue weighted by Crippen LogP contribution is 2.22. The first-order valence-corrected chi connectivity index (χ1v) is 6.18. The monoisotopic (exact) mass is 235 g/mol. The highest BCUT2D eigenvalue weighted by atomic mass is 32.1. The summed E-state index contributed by atoms with van der Waals surface area (Å²) < 4.78 is 1.84. The maximum Gasteiger partial charge on any atom is 0.0825 e. The molecule has 0 bridgehead atoms. The number of rotatable bonds is 3. The van der Waals surface area contributed by atoms with Gasteiger partial charge >= 0.3 is 0 Å². The minimum absolute atomic E-state index is 0.878. The molecule has 2 aromatic heterocycles. The molecule has 0 aliphatic heterocycles. The van der Waals surface area contributed by atoms with E-state index in [1.54, 1.807) is 0 Å². The molecule has 2 rings (SSSR count). The Labute approximate surface area is 100 Å². The zero-order valence-corrected chi connectivity index (χ0v) is 11.0. The van der Waals surface area contributed by atoms with Crippen LogP contribution in [-0.4, -0.2) is 9.78 Å². The summed E-state index contributed by atoms with van der Waals surface area (Å²) in [5.74, 6) is 0. The van der Waals surface area contributed by atoms with Crippen molar-refractivity contribution in [1.29, 1.82) is 0 Å². The molecule has 16 heavy (non-hydrogen) atoms. The molecule has 0 atom stereocenters. The predicted molar refractivity (Wildman–Crippen MR) is 69.1 cm³/mol. The third-order valence-corrected chi connectivity index (χ3v) is 3.63. The molecule has 2 aromatic rings. The van der Waals surface area contributed by atoms with E-state index in [9.17, 15) is 0 Å². The Morgan fingerprint density at radius 3 is 2.62 bits per heavy atom. The topological polar surface area (TPSA) is 29.9 Å². The molecule has 0 saturated heterocycles. The van der Waals surface area contributed by atoms with Gasteiger partial charge in [0.1, 0.15) is 0 Å². The van der Waals surface area contributed by atoms with Crippen molar-refractivity contribution in [2.24, 2.45) is 7.05 Å². The first-order valence-electron chi connectivity index (χ1n) is 5.36. The SMILES string of the molecule is Cc1cc(CNc2cn(C)nc2C)c(C)s1. The molecule has 3 nitrogen and oxygen atoms in total. The number of aromatic nitrogens is 2. The van der Waals surface area contributed by atoms with Gasteiger partial charge in [0.25, 0.3) is 0 Å². The van der Waals surface area contributed by atoms with Crippen molar-refractivity contribution < 1.29 is 0 Å². The summed E-state index contributed by atoms with van der Waals surface area (Å²) in [5, 5.41) is 7.74. The fourth-order valence-corrected chi connectivity index (χ4v) is 2.77. The normalized spacial score (nSPS) is 10.8. The number of thiophene rings is 1. The number of anilines is 1. The smallest absolute Gasteiger partial charge is 0.0825 e. The van der Waals surface area contributed by atoms with E-state index in [0.717, 1.165) is 17.9 Å². The summed E-state index contributed by atoms with van der Waals surface area (Å²) in [6.07, 6.45) is 2.02. The van der Waals surface area contributed by atoms with Crippen LogP contribution in [0.4, 0.5) is 5.69 Å². The maximum atomic E-state index is 4.31. The van der Waals surface area contributed by atoms with Crippen molar-refractivity contribution in [2.45, 2.75) is 27.3 Å². The van der Waals surface area contributed by atoms with Crippen molar-refractivity contribution >= 4 is 17.0 Å². The molecule has 0 aliphatic carbocycles. The van der Waals surface area contributed by atoms with Gasteiger partial charge in [-0.15, -0.1) is 11.3 Å². The second kappa shape index (κ2) is 4.29. The number of nitrogens with zero attached hydrogens (tertiary/aromatic N) is 2. The summed E-state index contributed by atoms with van der Waals surface area (Å²) >= 11 is 1.85. The van der Waals surface area contributed by atoms with Crippen LogP contribution in [0.2, 0.25) is 0 Å². The summed E-state index contributed by atoms with van der Waals surface area (Å²) in [6, 6.07) is 2.25. The third kappa shape index (κ3) is 2.27. The molecule has 0 aromatic carbocycles. The van der Waals surface area contributed by atoms with Crippen LogP contribution < -0.4 is 5.32 Å². The molecule has 2 heterocycles. The van der Waals surface area contributed by atoms with Gasteiger partial charge in [0.05, 0.1) is 11.4 Å². The molecule has 86 valence electrons. The van der Waals surface area contributed by atoms with Gasteiger partial charge in [-0.3, -0.25) is 4.68 Å². The summed E-state index contributed by atoms with van der Waals surface area (Å²) in [6.45, 7) is 7.22. The van der Waals surface area contributed by atoms with Crippen LogP contribution in [0.25, 0.3) is 0 Å². The molecule has 0 aliphatic rings. The van der Waals surface area contributed by atoms with E-state index in [2.05, 4.69) is 30.3 Å². The van der Waals surface area contributed by atoms with Crippen LogP contribution in [0.5, 0.6) is 0 Å². The lowest BCUT2D eigenvalue weighted by Gasteiger charge is -2.03. The number of nitrogens with one attached hydrogen (secondary N) is 1. The molecular weight excluding hydrogens is 218 g/mol. The molecular formula is C12H17N3S. The van der Waals surface area contributed by atoms with Crippen molar-refractivity contribution in [1.82, 2.24) is 9.78 Å². The zero-order valence-electron chi connectivity index (χ0n) is 10.2. The summed E-state index contributed by atoms with van der Waals surface area (Å²) in [7, 11) is 1.94. The van der Waals surface area contributed by atoms with Crippen molar-refractivity contribution in [2.75, 3.05) is 5.32 Å². The Bertz CT molecular complexity index is 450. The second-order valence-corrected chi connectivity index (χ2v) is 5.55. The fraction of sp³-hybridized carbons (Fsp3) is 0.417. The van der Waals surface area contributed by atoms with E-state index < -0.39 is 0 Å². The van der Waals surface area contributed by atoms with E-state index in [-0.39, 0.29) is 0 Å². The maximum absolute atomic E-state index is 4.31. The fourth-order valence-electron chi connectivity index (χ4n) is 1.82. The highest BCUT2D eigenvalue weighted by Gasteiger charge is 2.05. The lowest BCUT2D eigenvalue weighted by Crippen LogP contribution is -1.99. The quantitative estimate of drug-likeness (QED) is 0.886. The molecule has 0 unspecified atom stereocenters. The van der Waals surface area contributed by atoms with Gasteiger partial charge in [-0.2, -0.15) is 5.10 Å². The first-order chi connectivity index (χ1) is 7.56. The van der Waals surface area contributed by atoms with Gasteiger partial charge in [0.15, 0.2) is 0 Å². The van der Waals surface area contributed by atoms with E-state index in [1.165, 1.54) is 15.3 Å². The Kier molecular flexibility index (Phi) is 3.01. The lowest BCUT2D eigenvalue weighted by molar-refractivity contribution is 0.756. The largest absolute Gasteiger partial charge is 0.378 e. The van der Waals surface area contributed by atoms with Gasteiger partial charge in [-0.1, -0.05) is 0 Å². The van der Waals surface area contributed by atoms with Gasteiger partial charge in [0, 0.05) is 29.5 Å². The van der Waals surface area contributed by atoms with Crippen LogP contribution in [0.15, 0.2) is 12.3 Å². The minimum atomic E-state index is 0.878. The predicted octanol–water partition coefficient (Wildman–Crippen LogP) is 3.02. The van der Waals surface area contributed by atoms with Crippen LogP contribution in [0, 0.1) is 20.8 Å². The number of aryl methyl sites for hydroxylation is 4. The molecule has 4 heteroatoms. The number of hydrogen-bond acceptors (Lipinski definition) is 3. The molecule has 1 N–H and O–H groups in total. The number of hydrogen-bond donors (Lipinski definition) is 1. The van der Waals surface area contributed by atoms with Crippen molar-refractivity contribution in [3.63, 3.8) is 0 Å². The average molecular weight is 235 g/mol. The third-order valence-electron chi connectivity index (χ3n) is 2.63. The summed E-state index contributed by atoms with van der Waals surface area (Å²) in [5.41, 5.74) is 3.55. The highest BCUT2D eigenvalue weighted by molar-refractivity contribution is 7.12. The Morgan fingerprint density at radius 1 is 1.38 bits per heavy atom. The van der Waals surface area contributed by atoms with E-state index in [0.29, 0.717) is 0 Å². The summed E-state index contributed by atoms with van der Waals surface area (Å²) in [4.78, 5) is 2.77. The Morgan fingerprint density at radius 2 is 2.12 bits per heavy atom. The second-order valence-electron chi connectivity index (χ2n) is 4.09.